The molecule has 0 saturated carbocycles. The molecule has 110 valence electrons. The van der Waals surface area contributed by atoms with E-state index in [0.717, 1.165) is 30.0 Å². The lowest BCUT2D eigenvalue weighted by molar-refractivity contribution is 0.101. The van der Waals surface area contributed by atoms with Crippen LogP contribution in [-0.2, 0) is 0 Å². The number of para-hydroxylation sites is 1. The van der Waals surface area contributed by atoms with Gasteiger partial charge in [0.05, 0.1) is 11.7 Å². The van der Waals surface area contributed by atoms with Crippen LogP contribution in [0.4, 0.5) is 5.69 Å². The standard InChI is InChI=1S/C14H16N4O2S/c1-21-11-7-3-2-5-9(11)16-13(19)12-17-14(20-18-12)10-6-4-8-15-10/h2-3,5,7,10,15H,4,6,8H2,1H3,(H,16,19). The largest absolute Gasteiger partial charge is 0.337 e. The number of carbonyl (C=O) groups is 1. The summed E-state index contributed by atoms with van der Waals surface area (Å²) in [6.45, 7) is 0.940. The van der Waals surface area contributed by atoms with E-state index in [0.29, 0.717) is 5.89 Å². The van der Waals surface area contributed by atoms with E-state index >= 15 is 0 Å². The number of benzene rings is 1. The maximum atomic E-state index is 12.2. The Labute approximate surface area is 126 Å². The van der Waals surface area contributed by atoms with E-state index in [-0.39, 0.29) is 17.8 Å². The second-order valence-corrected chi connectivity index (χ2v) is 5.61. The Hall–Kier alpha value is -1.86. The van der Waals surface area contributed by atoms with E-state index in [1.54, 1.807) is 11.8 Å². The van der Waals surface area contributed by atoms with Gasteiger partial charge in [-0.25, -0.2) is 0 Å². The van der Waals surface area contributed by atoms with Gasteiger partial charge in [0.15, 0.2) is 0 Å². The average molecular weight is 304 g/mol. The molecule has 1 amide bonds. The highest BCUT2D eigenvalue weighted by Gasteiger charge is 2.24. The highest BCUT2D eigenvalue weighted by Crippen LogP contribution is 2.25. The number of anilines is 1. The van der Waals surface area contributed by atoms with Crippen molar-refractivity contribution >= 4 is 23.4 Å². The molecule has 1 aromatic carbocycles. The smallest absolute Gasteiger partial charge is 0.297 e. The van der Waals surface area contributed by atoms with Gasteiger partial charge in [0.1, 0.15) is 0 Å². The van der Waals surface area contributed by atoms with E-state index in [1.165, 1.54) is 0 Å². The Bertz CT molecular complexity index is 637. The summed E-state index contributed by atoms with van der Waals surface area (Å²) in [6, 6.07) is 7.67. The van der Waals surface area contributed by atoms with Crippen molar-refractivity contribution in [3.63, 3.8) is 0 Å². The van der Waals surface area contributed by atoms with Crippen molar-refractivity contribution in [1.82, 2.24) is 15.5 Å². The third-order valence-electron chi connectivity index (χ3n) is 3.36. The Balaban J connectivity index is 1.73. The number of aromatic nitrogens is 2. The summed E-state index contributed by atoms with van der Waals surface area (Å²) >= 11 is 1.57. The van der Waals surface area contributed by atoms with Crippen LogP contribution in [0.5, 0.6) is 0 Å². The van der Waals surface area contributed by atoms with Crippen molar-refractivity contribution < 1.29 is 9.32 Å². The van der Waals surface area contributed by atoms with Gasteiger partial charge in [-0.2, -0.15) is 4.98 Å². The molecular formula is C14H16N4O2S. The number of carbonyl (C=O) groups excluding carboxylic acids is 1. The molecule has 2 aromatic rings. The van der Waals surface area contributed by atoms with E-state index in [2.05, 4.69) is 20.8 Å². The fourth-order valence-corrected chi connectivity index (χ4v) is 2.84. The highest BCUT2D eigenvalue weighted by atomic mass is 32.2. The summed E-state index contributed by atoms with van der Waals surface area (Å²) in [5, 5.41) is 9.85. The van der Waals surface area contributed by atoms with Gasteiger partial charge in [-0.3, -0.25) is 4.79 Å². The van der Waals surface area contributed by atoms with E-state index in [4.69, 9.17) is 4.52 Å². The molecule has 1 aliphatic heterocycles. The zero-order valence-corrected chi connectivity index (χ0v) is 12.4. The van der Waals surface area contributed by atoms with Gasteiger partial charge >= 0.3 is 0 Å². The van der Waals surface area contributed by atoms with E-state index in [9.17, 15) is 4.79 Å². The van der Waals surface area contributed by atoms with Crippen molar-refractivity contribution in [3.8, 4) is 0 Å². The molecule has 0 bridgehead atoms. The number of hydrogen-bond acceptors (Lipinski definition) is 6. The Morgan fingerprint density at radius 3 is 3.10 bits per heavy atom. The summed E-state index contributed by atoms with van der Waals surface area (Å²) in [4.78, 5) is 17.4. The van der Waals surface area contributed by atoms with Gasteiger partial charge in [0.2, 0.25) is 5.89 Å². The number of nitrogens with zero attached hydrogens (tertiary/aromatic N) is 2. The van der Waals surface area contributed by atoms with Gasteiger partial charge in [0, 0.05) is 4.90 Å². The monoisotopic (exact) mass is 304 g/mol. The topological polar surface area (TPSA) is 80.0 Å². The summed E-state index contributed by atoms with van der Waals surface area (Å²) < 4.78 is 5.17. The Morgan fingerprint density at radius 2 is 2.33 bits per heavy atom. The SMILES string of the molecule is CSc1ccccc1NC(=O)c1noc(C2CCCN2)n1. The predicted molar refractivity (Wildman–Crippen MR) is 80.5 cm³/mol. The minimum Gasteiger partial charge on any atom is -0.337 e. The third kappa shape index (κ3) is 3.08. The predicted octanol–water partition coefficient (Wildman–Crippen LogP) is 2.47. The van der Waals surface area contributed by atoms with E-state index < -0.39 is 0 Å². The van der Waals surface area contributed by atoms with Gasteiger partial charge in [-0.1, -0.05) is 17.3 Å². The maximum absolute atomic E-state index is 12.2. The zero-order valence-electron chi connectivity index (χ0n) is 11.6. The molecule has 1 saturated heterocycles. The first-order valence-corrected chi connectivity index (χ1v) is 8.02. The lowest BCUT2D eigenvalue weighted by Crippen LogP contribution is -2.16. The number of rotatable bonds is 4. The van der Waals surface area contributed by atoms with E-state index in [1.807, 2.05) is 30.5 Å². The highest BCUT2D eigenvalue weighted by molar-refractivity contribution is 7.98. The van der Waals surface area contributed by atoms with Gasteiger partial charge < -0.3 is 15.2 Å². The molecule has 0 radical (unpaired) electrons. The Kier molecular flexibility index (Phi) is 4.21. The van der Waals surface area contributed by atoms with Gasteiger partial charge in [-0.15, -0.1) is 11.8 Å². The summed E-state index contributed by atoms with van der Waals surface area (Å²) in [7, 11) is 0. The molecule has 1 fully saturated rings. The number of amides is 1. The van der Waals surface area contributed by atoms with Crippen LogP contribution >= 0.6 is 11.8 Å². The number of thioether (sulfide) groups is 1. The average Bonchev–Trinajstić information content (AvgIpc) is 3.18. The molecule has 21 heavy (non-hydrogen) atoms. The second-order valence-electron chi connectivity index (χ2n) is 4.76. The minimum absolute atomic E-state index is 0.0645. The van der Waals surface area contributed by atoms with Crippen LogP contribution in [0.2, 0.25) is 0 Å². The van der Waals surface area contributed by atoms with Gasteiger partial charge in [-0.05, 0) is 37.8 Å². The molecule has 0 spiro atoms. The zero-order chi connectivity index (χ0) is 14.7. The quantitative estimate of drug-likeness (QED) is 0.845. The van der Waals surface area contributed by atoms with Crippen LogP contribution < -0.4 is 10.6 Å². The fourth-order valence-electron chi connectivity index (χ4n) is 2.29. The van der Waals surface area contributed by atoms with Crippen LogP contribution in [0.1, 0.15) is 35.4 Å². The first-order chi connectivity index (χ1) is 10.3. The first kappa shape index (κ1) is 14.1. The minimum atomic E-state index is -0.357. The maximum Gasteiger partial charge on any atom is 0.297 e. The molecule has 3 rings (SSSR count). The number of nitrogens with one attached hydrogen (secondary N) is 2. The molecule has 1 unspecified atom stereocenters. The van der Waals surface area contributed by atoms with Crippen molar-refractivity contribution in [2.45, 2.75) is 23.8 Å². The molecule has 7 heteroatoms. The molecule has 6 nitrogen and oxygen atoms in total. The lowest BCUT2D eigenvalue weighted by Gasteiger charge is -2.06. The molecule has 1 aromatic heterocycles. The van der Waals surface area contributed by atoms with Crippen LogP contribution in [0, 0.1) is 0 Å². The third-order valence-corrected chi connectivity index (χ3v) is 4.15. The second kappa shape index (κ2) is 6.28. The summed E-state index contributed by atoms with van der Waals surface area (Å²) in [5.74, 6) is 0.190. The van der Waals surface area contributed by atoms with Crippen molar-refractivity contribution in [2.24, 2.45) is 0 Å². The molecule has 1 atom stereocenters. The van der Waals surface area contributed by atoms with Crippen LogP contribution in [0.3, 0.4) is 0 Å². The number of hydrogen-bond donors (Lipinski definition) is 2. The Morgan fingerprint density at radius 1 is 1.48 bits per heavy atom. The van der Waals surface area contributed by atoms with Crippen molar-refractivity contribution in [2.75, 3.05) is 18.1 Å². The normalized spacial score (nSPS) is 17.9. The van der Waals surface area contributed by atoms with Crippen molar-refractivity contribution in [3.05, 3.63) is 36.0 Å². The molecule has 2 heterocycles. The van der Waals surface area contributed by atoms with Gasteiger partial charge in [0.25, 0.3) is 11.7 Å². The van der Waals surface area contributed by atoms with Crippen LogP contribution in [0.25, 0.3) is 0 Å². The van der Waals surface area contributed by atoms with Crippen LogP contribution in [0.15, 0.2) is 33.7 Å². The summed E-state index contributed by atoms with van der Waals surface area (Å²) in [5.41, 5.74) is 0.750. The molecule has 1 aliphatic rings. The van der Waals surface area contributed by atoms with Crippen molar-refractivity contribution in [1.29, 1.82) is 0 Å². The van der Waals surface area contributed by atoms with Crippen LogP contribution in [-0.4, -0.2) is 28.8 Å². The molecule has 2 N–H and O–H groups in total. The summed E-state index contributed by atoms with van der Waals surface area (Å²) in [6.07, 6.45) is 4.00. The lowest BCUT2D eigenvalue weighted by atomic mass is 10.2. The molecule has 0 aliphatic carbocycles. The fraction of sp³-hybridized carbons (Fsp3) is 0.357. The molecular weight excluding hydrogens is 288 g/mol. The first-order valence-electron chi connectivity index (χ1n) is 6.79.